The van der Waals surface area contributed by atoms with E-state index in [-0.39, 0.29) is 6.54 Å². The van der Waals surface area contributed by atoms with Gasteiger partial charge >= 0.3 is 0 Å². The Labute approximate surface area is 123 Å². The van der Waals surface area contributed by atoms with E-state index in [1.165, 1.54) is 0 Å². The molecule has 0 radical (unpaired) electrons. The predicted molar refractivity (Wildman–Crippen MR) is 73.6 cm³/mol. The molecule has 0 aliphatic carbocycles. The van der Waals surface area contributed by atoms with E-state index < -0.39 is 28.9 Å². The minimum atomic E-state index is -1.66. The highest BCUT2D eigenvalue weighted by atomic mass is 19.2. The molecule has 0 saturated carbocycles. The summed E-state index contributed by atoms with van der Waals surface area (Å²) in [6.07, 6.45) is 1.55. The van der Waals surface area contributed by atoms with E-state index >= 15 is 0 Å². The Hall–Kier alpha value is -2.83. The molecule has 7 heteroatoms. The van der Waals surface area contributed by atoms with Crippen LogP contribution in [-0.4, -0.2) is 15.9 Å². The van der Waals surface area contributed by atoms with Crippen LogP contribution in [0.3, 0.4) is 0 Å². The van der Waals surface area contributed by atoms with Gasteiger partial charge in [-0.1, -0.05) is 6.07 Å². The number of amides is 1. The first-order valence-electron chi connectivity index (χ1n) is 6.40. The molecule has 1 aromatic heterocycles. The molecule has 0 aliphatic heterocycles. The first-order chi connectivity index (χ1) is 10.6. The van der Waals surface area contributed by atoms with Crippen LogP contribution in [0.15, 0.2) is 36.7 Å². The lowest BCUT2D eigenvalue weighted by atomic mass is 10.1. The zero-order valence-electron chi connectivity index (χ0n) is 11.2. The maximum atomic E-state index is 13.5. The number of hydrogen-bond acceptors (Lipinski definition) is 2. The van der Waals surface area contributed by atoms with Crippen molar-refractivity contribution in [1.29, 1.82) is 0 Å². The topological polar surface area (TPSA) is 57.8 Å². The summed E-state index contributed by atoms with van der Waals surface area (Å²) >= 11 is 0. The van der Waals surface area contributed by atoms with Crippen LogP contribution in [0.5, 0.6) is 0 Å². The highest BCUT2D eigenvalue weighted by molar-refractivity contribution is 5.94. The van der Waals surface area contributed by atoms with Gasteiger partial charge in [-0.05, 0) is 29.8 Å². The van der Waals surface area contributed by atoms with Gasteiger partial charge < -0.3 is 10.3 Å². The third kappa shape index (κ3) is 2.52. The Morgan fingerprint density at radius 2 is 1.95 bits per heavy atom. The van der Waals surface area contributed by atoms with E-state index in [1.807, 2.05) is 0 Å². The Bertz CT molecular complexity index is 860. The zero-order chi connectivity index (χ0) is 15.7. The first-order valence-corrected chi connectivity index (χ1v) is 6.40. The molecule has 0 saturated heterocycles. The minimum Gasteiger partial charge on any atom is -0.348 e. The SMILES string of the molecule is O=C(NCc1ccc2nc[nH]c2c1)c1ccc(F)c(F)c1F. The Balaban J connectivity index is 1.76. The molecule has 0 unspecified atom stereocenters. The number of benzene rings is 2. The summed E-state index contributed by atoms with van der Waals surface area (Å²) in [5.41, 5.74) is 1.79. The van der Waals surface area contributed by atoms with E-state index in [9.17, 15) is 18.0 Å². The summed E-state index contributed by atoms with van der Waals surface area (Å²) in [6.45, 7) is 0.117. The van der Waals surface area contributed by atoms with Gasteiger partial charge in [-0.3, -0.25) is 4.79 Å². The first kappa shape index (κ1) is 14.1. The molecule has 0 spiro atoms. The molecule has 0 atom stereocenters. The normalized spacial score (nSPS) is 10.9. The van der Waals surface area contributed by atoms with Gasteiger partial charge in [0.25, 0.3) is 5.91 Å². The monoisotopic (exact) mass is 305 g/mol. The van der Waals surface area contributed by atoms with Crippen molar-refractivity contribution in [2.24, 2.45) is 0 Å². The van der Waals surface area contributed by atoms with Crippen molar-refractivity contribution in [1.82, 2.24) is 15.3 Å². The molecule has 3 aromatic rings. The van der Waals surface area contributed by atoms with Crippen LogP contribution in [0.25, 0.3) is 11.0 Å². The fourth-order valence-electron chi connectivity index (χ4n) is 2.07. The van der Waals surface area contributed by atoms with Crippen LogP contribution in [-0.2, 0) is 6.54 Å². The average molecular weight is 305 g/mol. The summed E-state index contributed by atoms with van der Waals surface area (Å²) in [5, 5.41) is 2.46. The predicted octanol–water partition coefficient (Wildman–Crippen LogP) is 2.91. The van der Waals surface area contributed by atoms with Gasteiger partial charge in [0.1, 0.15) is 0 Å². The number of nitrogens with one attached hydrogen (secondary N) is 2. The number of hydrogen-bond donors (Lipinski definition) is 2. The molecular weight excluding hydrogens is 295 g/mol. The molecule has 22 heavy (non-hydrogen) atoms. The van der Waals surface area contributed by atoms with Gasteiger partial charge in [0.15, 0.2) is 17.5 Å². The van der Waals surface area contributed by atoms with Gasteiger partial charge in [0, 0.05) is 6.54 Å². The Morgan fingerprint density at radius 3 is 2.77 bits per heavy atom. The average Bonchev–Trinajstić information content (AvgIpc) is 2.98. The van der Waals surface area contributed by atoms with Crippen molar-refractivity contribution in [3.63, 3.8) is 0 Å². The second-order valence-corrected chi connectivity index (χ2v) is 4.66. The van der Waals surface area contributed by atoms with Gasteiger partial charge in [-0.2, -0.15) is 0 Å². The molecular formula is C15H10F3N3O. The van der Waals surface area contributed by atoms with Gasteiger partial charge in [0.2, 0.25) is 0 Å². The third-order valence-corrected chi connectivity index (χ3v) is 3.22. The van der Waals surface area contributed by atoms with Crippen LogP contribution in [0.2, 0.25) is 0 Å². The molecule has 2 aromatic carbocycles. The smallest absolute Gasteiger partial charge is 0.254 e. The molecule has 2 N–H and O–H groups in total. The van der Waals surface area contributed by atoms with Crippen LogP contribution in [0.4, 0.5) is 13.2 Å². The van der Waals surface area contributed by atoms with Crippen molar-refractivity contribution in [2.75, 3.05) is 0 Å². The largest absolute Gasteiger partial charge is 0.348 e. The molecule has 4 nitrogen and oxygen atoms in total. The molecule has 0 bridgehead atoms. The lowest BCUT2D eigenvalue weighted by molar-refractivity contribution is 0.0945. The van der Waals surface area contributed by atoms with Crippen LogP contribution >= 0.6 is 0 Å². The second kappa shape index (κ2) is 5.51. The number of aromatic nitrogens is 2. The summed E-state index contributed by atoms with van der Waals surface area (Å²) in [7, 11) is 0. The zero-order valence-corrected chi connectivity index (χ0v) is 11.2. The minimum absolute atomic E-state index is 0.117. The second-order valence-electron chi connectivity index (χ2n) is 4.66. The number of aromatic amines is 1. The quantitative estimate of drug-likeness (QED) is 0.731. The van der Waals surface area contributed by atoms with E-state index in [2.05, 4.69) is 15.3 Å². The number of carbonyl (C=O) groups excluding carboxylic acids is 1. The van der Waals surface area contributed by atoms with Crippen molar-refractivity contribution in [3.8, 4) is 0 Å². The fraction of sp³-hybridized carbons (Fsp3) is 0.0667. The Morgan fingerprint density at radius 1 is 1.14 bits per heavy atom. The maximum Gasteiger partial charge on any atom is 0.254 e. The van der Waals surface area contributed by atoms with Crippen molar-refractivity contribution in [2.45, 2.75) is 6.54 Å². The summed E-state index contributed by atoms with van der Waals surface area (Å²) in [6, 6.07) is 6.92. The van der Waals surface area contributed by atoms with Gasteiger partial charge in [-0.25, -0.2) is 18.2 Å². The highest BCUT2D eigenvalue weighted by Gasteiger charge is 2.18. The van der Waals surface area contributed by atoms with Gasteiger partial charge in [-0.15, -0.1) is 0 Å². The van der Waals surface area contributed by atoms with Crippen LogP contribution < -0.4 is 5.32 Å². The highest BCUT2D eigenvalue weighted by Crippen LogP contribution is 2.16. The van der Waals surface area contributed by atoms with E-state index in [4.69, 9.17) is 0 Å². The number of carbonyl (C=O) groups is 1. The summed E-state index contributed by atoms with van der Waals surface area (Å²) < 4.78 is 39.5. The van der Waals surface area contributed by atoms with Crippen molar-refractivity contribution >= 4 is 16.9 Å². The number of rotatable bonds is 3. The molecule has 0 aliphatic rings. The molecule has 1 heterocycles. The standard InChI is InChI=1S/C15H10F3N3O/c16-10-3-2-9(13(17)14(10)18)15(22)19-6-8-1-4-11-12(5-8)21-7-20-11/h1-5,7H,6H2,(H,19,22)(H,20,21). The lowest BCUT2D eigenvalue weighted by Gasteiger charge is -2.07. The van der Waals surface area contributed by atoms with Crippen LogP contribution in [0.1, 0.15) is 15.9 Å². The van der Waals surface area contributed by atoms with E-state index in [1.54, 1.807) is 24.5 Å². The molecule has 0 fully saturated rings. The van der Waals surface area contributed by atoms with E-state index in [0.29, 0.717) is 6.07 Å². The fourth-order valence-corrected chi connectivity index (χ4v) is 2.07. The number of halogens is 3. The number of H-pyrrole nitrogens is 1. The summed E-state index contributed by atoms with van der Waals surface area (Å²) in [5.74, 6) is -5.31. The molecule has 3 rings (SSSR count). The number of nitrogens with zero attached hydrogens (tertiary/aromatic N) is 1. The number of fused-ring (bicyclic) bond motifs is 1. The maximum absolute atomic E-state index is 13.5. The third-order valence-electron chi connectivity index (χ3n) is 3.22. The van der Waals surface area contributed by atoms with Gasteiger partial charge in [0.05, 0.1) is 22.9 Å². The van der Waals surface area contributed by atoms with Crippen LogP contribution in [0, 0.1) is 17.5 Å². The van der Waals surface area contributed by atoms with Crippen molar-refractivity contribution < 1.29 is 18.0 Å². The van der Waals surface area contributed by atoms with Crippen molar-refractivity contribution in [3.05, 3.63) is 65.2 Å². The lowest BCUT2D eigenvalue weighted by Crippen LogP contribution is -2.24. The number of imidazole rings is 1. The molecule has 112 valence electrons. The molecule has 1 amide bonds. The van der Waals surface area contributed by atoms with E-state index in [0.717, 1.165) is 22.7 Å². The summed E-state index contributed by atoms with van der Waals surface area (Å²) in [4.78, 5) is 18.8. The Kier molecular flexibility index (Phi) is 3.54.